The molecule has 0 aliphatic carbocycles. The summed E-state index contributed by atoms with van der Waals surface area (Å²) in [4.78, 5) is 4.07. The SMILES string of the molecule is C[S+](C)SCCCNCCOc1cc(CO)nc(CO)c1. The number of rotatable bonds is 11. The van der Waals surface area contributed by atoms with E-state index in [1.807, 2.05) is 10.8 Å². The predicted octanol–water partition coefficient (Wildman–Crippen LogP) is 0.951. The Hall–Kier alpha value is -0.470. The molecule has 1 heterocycles. The lowest BCUT2D eigenvalue weighted by atomic mass is 10.3. The number of nitrogens with one attached hydrogen (secondary N) is 1. The Kier molecular flexibility index (Phi) is 9.86. The van der Waals surface area contributed by atoms with E-state index < -0.39 is 0 Å². The molecule has 0 atom stereocenters. The Bertz CT molecular complexity index is 384. The number of aliphatic hydroxyl groups is 2. The summed E-state index contributed by atoms with van der Waals surface area (Å²) in [7, 11) is 2.46. The molecular formula is C14H25N2O3S2+. The molecule has 0 amide bonds. The van der Waals surface area contributed by atoms with Gasteiger partial charge >= 0.3 is 0 Å². The van der Waals surface area contributed by atoms with Gasteiger partial charge in [-0.1, -0.05) is 0 Å². The lowest BCUT2D eigenvalue weighted by Gasteiger charge is -2.09. The monoisotopic (exact) mass is 333 g/mol. The van der Waals surface area contributed by atoms with Crippen molar-refractivity contribution in [2.45, 2.75) is 19.6 Å². The number of pyridine rings is 1. The molecule has 1 rings (SSSR count). The van der Waals surface area contributed by atoms with E-state index in [4.69, 9.17) is 14.9 Å². The Morgan fingerprint density at radius 3 is 2.43 bits per heavy atom. The van der Waals surface area contributed by atoms with Gasteiger partial charge in [-0.25, -0.2) is 0 Å². The minimum atomic E-state index is -0.156. The molecule has 0 aromatic carbocycles. The fourth-order valence-corrected chi connectivity index (χ4v) is 3.60. The van der Waals surface area contributed by atoms with Gasteiger partial charge in [-0.05, 0) is 13.0 Å². The van der Waals surface area contributed by atoms with Gasteiger partial charge in [0.1, 0.15) is 24.9 Å². The molecule has 5 nitrogen and oxygen atoms in total. The second-order valence-corrected chi connectivity index (χ2v) is 9.45. The summed E-state index contributed by atoms with van der Waals surface area (Å²) in [6, 6.07) is 3.39. The zero-order chi connectivity index (χ0) is 15.5. The summed E-state index contributed by atoms with van der Waals surface area (Å²) in [6.45, 7) is 2.01. The van der Waals surface area contributed by atoms with Crippen LogP contribution in [-0.2, 0) is 23.1 Å². The van der Waals surface area contributed by atoms with E-state index in [0.717, 1.165) is 19.5 Å². The van der Waals surface area contributed by atoms with Gasteiger partial charge in [-0.3, -0.25) is 4.98 Å². The van der Waals surface area contributed by atoms with Crippen LogP contribution < -0.4 is 10.1 Å². The van der Waals surface area contributed by atoms with Crippen LogP contribution in [0.25, 0.3) is 0 Å². The summed E-state index contributed by atoms with van der Waals surface area (Å²) in [5.41, 5.74) is 1.02. The molecule has 1 aromatic heterocycles. The normalized spacial score (nSPS) is 11.1. The highest BCUT2D eigenvalue weighted by Gasteiger charge is 2.04. The highest BCUT2D eigenvalue weighted by atomic mass is 33.1. The second-order valence-electron chi connectivity index (χ2n) is 4.62. The van der Waals surface area contributed by atoms with Gasteiger partial charge in [-0.2, -0.15) is 0 Å². The van der Waals surface area contributed by atoms with Gasteiger partial charge < -0.3 is 20.3 Å². The number of nitrogens with zero attached hydrogens (tertiary/aromatic N) is 1. The first-order valence-corrected chi connectivity index (χ1v) is 10.5. The van der Waals surface area contributed by atoms with Gasteiger partial charge in [0, 0.05) is 24.4 Å². The quantitative estimate of drug-likeness (QED) is 0.318. The average molecular weight is 333 g/mol. The first kappa shape index (κ1) is 18.6. The minimum absolute atomic E-state index is 0.156. The number of aliphatic hydroxyl groups excluding tert-OH is 2. The Morgan fingerprint density at radius 2 is 1.86 bits per heavy atom. The van der Waals surface area contributed by atoms with E-state index in [1.165, 1.54) is 5.75 Å². The van der Waals surface area contributed by atoms with Crippen molar-refractivity contribution in [3.05, 3.63) is 23.5 Å². The van der Waals surface area contributed by atoms with Crippen molar-refractivity contribution < 1.29 is 14.9 Å². The molecule has 0 radical (unpaired) electrons. The van der Waals surface area contributed by atoms with Crippen molar-refractivity contribution in [2.24, 2.45) is 0 Å². The van der Waals surface area contributed by atoms with Crippen LogP contribution >= 0.6 is 10.8 Å². The van der Waals surface area contributed by atoms with E-state index in [0.29, 0.717) is 33.7 Å². The smallest absolute Gasteiger partial charge is 0.123 e. The molecule has 7 heteroatoms. The van der Waals surface area contributed by atoms with Crippen LogP contribution in [0.1, 0.15) is 17.8 Å². The van der Waals surface area contributed by atoms with Crippen molar-refractivity contribution >= 4 is 20.7 Å². The van der Waals surface area contributed by atoms with Gasteiger partial charge in [0.15, 0.2) is 0 Å². The van der Waals surface area contributed by atoms with E-state index in [1.54, 1.807) is 12.1 Å². The van der Waals surface area contributed by atoms with Gasteiger partial charge in [0.2, 0.25) is 0 Å². The molecule has 0 spiro atoms. The second kappa shape index (κ2) is 11.1. The molecule has 0 unspecified atom stereocenters. The van der Waals surface area contributed by atoms with Gasteiger partial charge in [0.05, 0.1) is 45.3 Å². The third kappa shape index (κ3) is 8.53. The van der Waals surface area contributed by atoms with Crippen molar-refractivity contribution in [3.63, 3.8) is 0 Å². The van der Waals surface area contributed by atoms with Crippen LogP contribution in [0.15, 0.2) is 12.1 Å². The summed E-state index contributed by atoms with van der Waals surface area (Å²) >= 11 is 0. The highest BCUT2D eigenvalue weighted by Crippen LogP contribution is 2.14. The maximum atomic E-state index is 9.10. The number of ether oxygens (including phenoxy) is 1. The largest absolute Gasteiger partial charge is 0.492 e. The molecule has 0 fully saturated rings. The molecule has 0 aliphatic heterocycles. The molecule has 0 saturated heterocycles. The third-order valence-electron chi connectivity index (χ3n) is 2.59. The molecule has 120 valence electrons. The zero-order valence-electron chi connectivity index (χ0n) is 12.7. The van der Waals surface area contributed by atoms with Crippen LogP contribution in [0, 0.1) is 0 Å². The zero-order valence-corrected chi connectivity index (χ0v) is 14.3. The minimum Gasteiger partial charge on any atom is -0.492 e. The molecular weight excluding hydrogens is 308 g/mol. The Labute approximate surface area is 133 Å². The fraction of sp³-hybridized carbons (Fsp3) is 0.643. The van der Waals surface area contributed by atoms with Gasteiger partial charge in [0.25, 0.3) is 0 Å². The fourth-order valence-electron chi connectivity index (χ4n) is 1.65. The van der Waals surface area contributed by atoms with Crippen molar-refractivity contribution in [1.82, 2.24) is 10.3 Å². The third-order valence-corrected chi connectivity index (χ3v) is 5.43. The molecule has 1 aromatic rings. The first-order chi connectivity index (χ1) is 10.2. The molecule has 0 bridgehead atoms. The highest BCUT2D eigenvalue weighted by molar-refractivity contribution is 8.73. The predicted molar refractivity (Wildman–Crippen MR) is 90.7 cm³/mol. The maximum absolute atomic E-state index is 9.10. The van der Waals surface area contributed by atoms with Crippen LogP contribution in [-0.4, -0.2) is 53.2 Å². The number of aromatic nitrogens is 1. The molecule has 0 saturated carbocycles. The topological polar surface area (TPSA) is 74.6 Å². The number of hydrogen-bond donors (Lipinski definition) is 3. The Balaban J connectivity index is 2.17. The standard InChI is InChI=1S/C14H25N2O3S2/c1-21(2)20-7-3-4-15-5-6-19-14-8-12(10-17)16-13(9-14)11-18/h8-9,15,17-18H,3-7,10-11H2,1-2H3/q+1. The van der Waals surface area contributed by atoms with Gasteiger partial charge in [-0.15, -0.1) is 0 Å². The average Bonchev–Trinajstić information content (AvgIpc) is 2.49. The van der Waals surface area contributed by atoms with Crippen LogP contribution in [0.3, 0.4) is 0 Å². The van der Waals surface area contributed by atoms with E-state index in [9.17, 15) is 0 Å². The summed E-state index contributed by atoms with van der Waals surface area (Å²) in [5.74, 6) is 1.82. The van der Waals surface area contributed by atoms with Crippen LogP contribution in [0.5, 0.6) is 5.75 Å². The van der Waals surface area contributed by atoms with Crippen molar-refractivity contribution in [3.8, 4) is 5.75 Å². The van der Waals surface area contributed by atoms with E-state index in [2.05, 4.69) is 22.8 Å². The molecule has 3 N–H and O–H groups in total. The summed E-state index contributed by atoms with van der Waals surface area (Å²) < 4.78 is 5.61. The lowest BCUT2D eigenvalue weighted by Crippen LogP contribution is -2.22. The van der Waals surface area contributed by atoms with Crippen molar-refractivity contribution in [1.29, 1.82) is 0 Å². The molecule has 21 heavy (non-hydrogen) atoms. The first-order valence-electron chi connectivity index (χ1n) is 6.91. The maximum Gasteiger partial charge on any atom is 0.123 e. The lowest BCUT2D eigenvalue weighted by molar-refractivity contribution is 0.261. The summed E-state index contributed by atoms with van der Waals surface area (Å²) in [5, 5.41) is 21.5. The summed E-state index contributed by atoms with van der Waals surface area (Å²) in [6.07, 6.45) is 5.64. The van der Waals surface area contributed by atoms with Crippen molar-refractivity contribution in [2.75, 3.05) is 38.0 Å². The van der Waals surface area contributed by atoms with E-state index in [-0.39, 0.29) is 13.2 Å². The van der Waals surface area contributed by atoms with Crippen LogP contribution in [0.2, 0.25) is 0 Å². The molecule has 0 aliphatic rings. The number of hydrogen-bond acceptors (Lipinski definition) is 6. The van der Waals surface area contributed by atoms with Crippen LogP contribution in [0.4, 0.5) is 0 Å². The Morgan fingerprint density at radius 1 is 1.19 bits per heavy atom. The van der Waals surface area contributed by atoms with E-state index >= 15 is 0 Å².